The molecule has 5 heteroatoms. The zero-order chi connectivity index (χ0) is 16.9. The van der Waals surface area contributed by atoms with Crippen LogP contribution in [0.25, 0.3) is 0 Å². The number of anilines is 1. The third-order valence-electron chi connectivity index (χ3n) is 4.40. The fraction of sp³-hybridized carbons (Fsp3) is 0.368. The molecule has 2 aromatic rings. The third-order valence-corrected chi connectivity index (χ3v) is 4.70. The van der Waals surface area contributed by atoms with Crippen molar-refractivity contribution in [1.82, 2.24) is 4.90 Å². The van der Waals surface area contributed by atoms with E-state index in [9.17, 15) is 9.50 Å². The molecule has 2 N–H and O–H groups in total. The third kappa shape index (κ3) is 4.47. The van der Waals surface area contributed by atoms with E-state index in [-0.39, 0.29) is 16.9 Å². The smallest absolute Gasteiger partial charge is 0.146 e. The molecule has 0 atom stereocenters. The van der Waals surface area contributed by atoms with Gasteiger partial charge < -0.3 is 10.4 Å². The van der Waals surface area contributed by atoms with Crippen LogP contribution in [-0.2, 0) is 13.1 Å². The fourth-order valence-electron chi connectivity index (χ4n) is 3.00. The number of hydrogen-bond acceptors (Lipinski definition) is 3. The topological polar surface area (TPSA) is 35.5 Å². The van der Waals surface area contributed by atoms with Gasteiger partial charge in [-0.2, -0.15) is 0 Å². The SMILES string of the molecule is OC1CCN(Cc2cccc(NCc3cccc(Cl)c3F)c2)CC1. The van der Waals surface area contributed by atoms with Gasteiger partial charge in [-0.05, 0) is 36.6 Å². The van der Waals surface area contributed by atoms with E-state index < -0.39 is 0 Å². The molecule has 0 unspecified atom stereocenters. The molecule has 3 rings (SSSR count). The molecule has 3 nitrogen and oxygen atoms in total. The lowest BCUT2D eigenvalue weighted by Crippen LogP contribution is -2.35. The first kappa shape index (κ1) is 17.2. The quantitative estimate of drug-likeness (QED) is 0.855. The van der Waals surface area contributed by atoms with E-state index in [0.29, 0.717) is 12.1 Å². The molecule has 0 aliphatic carbocycles. The average Bonchev–Trinajstić information content (AvgIpc) is 2.59. The van der Waals surface area contributed by atoms with Gasteiger partial charge in [0.1, 0.15) is 5.82 Å². The Bertz CT molecular complexity index is 687. The zero-order valence-electron chi connectivity index (χ0n) is 13.5. The summed E-state index contributed by atoms with van der Waals surface area (Å²) in [5, 5.41) is 13.0. The second-order valence-corrected chi connectivity index (χ2v) is 6.68. The van der Waals surface area contributed by atoms with Crippen LogP contribution < -0.4 is 5.32 Å². The summed E-state index contributed by atoms with van der Waals surface area (Å²) < 4.78 is 13.9. The Morgan fingerprint density at radius 1 is 1.17 bits per heavy atom. The first-order chi connectivity index (χ1) is 11.6. The van der Waals surface area contributed by atoms with Crippen LogP contribution in [0.15, 0.2) is 42.5 Å². The van der Waals surface area contributed by atoms with Gasteiger partial charge in [0.15, 0.2) is 0 Å². The van der Waals surface area contributed by atoms with Crippen LogP contribution in [0.5, 0.6) is 0 Å². The second kappa shape index (κ2) is 7.97. The molecule has 0 saturated carbocycles. The van der Waals surface area contributed by atoms with E-state index in [1.54, 1.807) is 18.2 Å². The normalized spacial score (nSPS) is 16.3. The van der Waals surface area contributed by atoms with Gasteiger partial charge in [0.25, 0.3) is 0 Å². The average molecular weight is 349 g/mol. The second-order valence-electron chi connectivity index (χ2n) is 6.27. The summed E-state index contributed by atoms with van der Waals surface area (Å²) in [4.78, 5) is 2.35. The van der Waals surface area contributed by atoms with Gasteiger partial charge in [0.2, 0.25) is 0 Å². The maximum Gasteiger partial charge on any atom is 0.146 e. The lowest BCUT2D eigenvalue weighted by molar-refractivity contribution is 0.0792. The predicted molar refractivity (Wildman–Crippen MR) is 95.7 cm³/mol. The van der Waals surface area contributed by atoms with Gasteiger partial charge in [0.05, 0.1) is 11.1 Å². The summed E-state index contributed by atoms with van der Waals surface area (Å²) in [5.41, 5.74) is 2.73. The van der Waals surface area contributed by atoms with Crippen molar-refractivity contribution in [3.8, 4) is 0 Å². The number of halogens is 2. The number of nitrogens with one attached hydrogen (secondary N) is 1. The predicted octanol–water partition coefficient (Wildman–Crippen LogP) is 4.05. The molecular weight excluding hydrogens is 327 g/mol. The first-order valence-corrected chi connectivity index (χ1v) is 8.66. The number of nitrogens with zero attached hydrogens (tertiary/aromatic N) is 1. The van der Waals surface area contributed by atoms with Crippen molar-refractivity contribution in [3.63, 3.8) is 0 Å². The number of rotatable bonds is 5. The number of likely N-dealkylation sites (tertiary alicyclic amines) is 1. The number of benzene rings is 2. The van der Waals surface area contributed by atoms with Gasteiger partial charge >= 0.3 is 0 Å². The Hall–Kier alpha value is -1.62. The maximum absolute atomic E-state index is 13.9. The van der Waals surface area contributed by atoms with Gasteiger partial charge in [0, 0.05) is 37.4 Å². The molecule has 1 heterocycles. The van der Waals surface area contributed by atoms with E-state index in [1.165, 1.54) is 5.56 Å². The Morgan fingerprint density at radius 2 is 1.92 bits per heavy atom. The molecule has 0 spiro atoms. The van der Waals surface area contributed by atoms with E-state index in [1.807, 2.05) is 12.1 Å². The standard InChI is InChI=1S/C19H22ClFN2O/c20-18-6-2-4-15(19(18)21)12-22-16-5-1-3-14(11-16)13-23-9-7-17(24)8-10-23/h1-6,11,17,22,24H,7-10,12-13H2. The molecule has 0 bridgehead atoms. The minimum absolute atomic E-state index is 0.148. The first-order valence-electron chi connectivity index (χ1n) is 8.28. The van der Waals surface area contributed by atoms with Crippen molar-refractivity contribution >= 4 is 17.3 Å². The molecule has 0 amide bonds. The maximum atomic E-state index is 13.9. The lowest BCUT2D eigenvalue weighted by atomic mass is 10.1. The van der Waals surface area contributed by atoms with Crippen LogP contribution in [-0.4, -0.2) is 29.2 Å². The van der Waals surface area contributed by atoms with E-state index >= 15 is 0 Å². The molecule has 1 fully saturated rings. The van der Waals surface area contributed by atoms with Crippen LogP contribution in [0, 0.1) is 5.82 Å². The highest BCUT2D eigenvalue weighted by Crippen LogP contribution is 2.20. The summed E-state index contributed by atoms with van der Waals surface area (Å²) in [6.45, 7) is 3.11. The molecule has 1 aliphatic heterocycles. The summed E-state index contributed by atoms with van der Waals surface area (Å²) >= 11 is 5.81. The van der Waals surface area contributed by atoms with Crippen LogP contribution in [0.1, 0.15) is 24.0 Å². The number of aliphatic hydroxyl groups is 1. The summed E-state index contributed by atoms with van der Waals surface area (Å²) in [6, 6.07) is 13.2. The minimum Gasteiger partial charge on any atom is -0.393 e. The largest absolute Gasteiger partial charge is 0.393 e. The molecule has 24 heavy (non-hydrogen) atoms. The van der Waals surface area contributed by atoms with Crippen molar-refractivity contribution in [2.45, 2.75) is 32.0 Å². The van der Waals surface area contributed by atoms with E-state index in [4.69, 9.17) is 11.6 Å². The van der Waals surface area contributed by atoms with Crippen molar-refractivity contribution < 1.29 is 9.50 Å². The number of aliphatic hydroxyl groups excluding tert-OH is 1. The van der Waals surface area contributed by atoms with Crippen LogP contribution in [0.4, 0.5) is 10.1 Å². The van der Waals surface area contributed by atoms with Crippen LogP contribution >= 0.6 is 11.6 Å². The van der Waals surface area contributed by atoms with Crippen molar-refractivity contribution in [3.05, 3.63) is 64.4 Å². The fourth-order valence-corrected chi connectivity index (χ4v) is 3.19. The van der Waals surface area contributed by atoms with E-state index in [2.05, 4.69) is 22.3 Å². The highest BCUT2D eigenvalue weighted by Gasteiger charge is 2.16. The highest BCUT2D eigenvalue weighted by molar-refractivity contribution is 6.30. The zero-order valence-corrected chi connectivity index (χ0v) is 14.3. The van der Waals surface area contributed by atoms with Crippen molar-refractivity contribution in [1.29, 1.82) is 0 Å². The van der Waals surface area contributed by atoms with Gasteiger partial charge in [-0.15, -0.1) is 0 Å². The molecule has 1 saturated heterocycles. The highest BCUT2D eigenvalue weighted by atomic mass is 35.5. The van der Waals surface area contributed by atoms with Crippen molar-refractivity contribution in [2.24, 2.45) is 0 Å². The Labute approximate surface area is 147 Å². The van der Waals surface area contributed by atoms with Gasteiger partial charge in [-0.25, -0.2) is 4.39 Å². The number of hydrogen-bond donors (Lipinski definition) is 2. The van der Waals surface area contributed by atoms with Gasteiger partial charge in [-0.1, -0.05) is 35.9 Å². The van der Waals surface area contributed by atoms with E-state index in [0.717, 1.165) is 38.2 Å². The van der Waals surface area contributed by atoms with Crippen molar-refractivity contribution in [2.75, 3.05) is 18.4 Å². The monoisotopic (exact) mass is 348 g/mol. The lowest BCUT2D eigenvalue weighted by Gasteiger charge is -2.29. The molecular formula is C19H22ClFN2O. The minimum atomic E-state index is -0.366. The molecule has 0 radical (unpaired) electrons. The Balaban J connectivity index is 1.60. The molecule has 0 aromatic heterocycles. The van der Waals surface area contributed by atoms with Gasteiger partial charge in [-0.3, -0.25) is 4.90 Å². The Kier molecular flexibility index (Phi) is 5.72. The van der Waals surface area contributed by atoms with Crippen LogP contribution in [0.3, 0.4) is 0 Å². The van der Waals surface area contributed by atoms with Crippen LogP contribution in [0.2, 0.25) is 5.02 Å². The summed E-state index contributed by atoms with van der Waals surface area (Å²) in [5.74, 6) is -0.366. The molecule has 128 valence electrons. The summed E-state index contributed by atoms with van der Waals surface area (Å²) in [7, 11) is 0. The Morgan fingerprint density at radius 3 is 2.71 bits per heavy atom. The molecule has 2 aromatic carbocycles. The number of piperidine rings is 1. The molecule has 1 aliphatic rings. The summed E-state index contributed by atoms with van der Waals surface area (Å²) in [6.07, 6.45) is 1.53.